The fourth-order valence-corrected chi connectivity index (χ4v) is 1.41. The smallest absolute Gasteiger partial charge is 0.445 e. The van der Waals surface area contributed by atoms with Gasteiger partial charge in [-0.05, 0) is 5.38 Å². The quantitative estimate of drug-likeness (QED) is 0.597. The van der Waals surface area contributed by atoms with Crippen molar-refractivity contribution in [2.45, 2.75) is 0 Å². The molecule has 1 rings (SSSR count). The zero-order valence-electron chi connectivity index (χ0n) is 5.22. The van der Waals surface area contributed by atoms with E-state index in [2.05, 4.69) is 0 Å². The minimum atomic E-state index is -5.01. The molecule has 0 saturated carbocycles. The number of hydrogen-bond donors (Lipinski definition) is 0. The van der Waals surface area contributed by atoms with Crippen LogP contribution in [-0.4, -0.2) is 6.98 Å². The molecule has 0 atom stereocenters. The van der Waals surface area contributed by atoms with E-state index < -0.39 is 12.4 Å². The molecular formula is C5H2BF3NS-. The predicted octanol–water partition coefficient (Wildman–Crippen LogP) is 1.67. The van der Waals surface area contributed by atoms with Gasteiger partial charge in [0, 0.05) is 0 Å². The molecule has 1 aromatic rings. The summed E-state index contributed by atoms with van der Waals surface area (Å²) in [6.45, 7) is -5.01. The summed E-state index contributed by atoms with van der Waals surface area (Å²) in [7, 11) is 0. The second-order valence-electron chi connectivity index (χ2n) is 1.89. The van der Waals surface area contributed by atoms with Crippen LogP contribution in [0, 0.1) is 11.3 Å². The minimum absolute atomic E-state index is 0.252. The summed E-state index contributed by atoms with van der Waals surface area (Å²) in [5, 5.41) is 9.51. The van der Waals surface area contributed by atoms with Crippen molar-refractivity contribution < 1.29 is 12.9 Å². The summed E-state index contributed by atoms with van der Waals surface area (Å²) in [6, 6.07) is 2.43. The molecular weight excluding hydrogens is 174 g/mol. The highest BCUT2D eigenvalue weighted by molar-refractivity contribution is 7.12. The second kappa shape index (κ2) is 2.59. The van der Waals surface area contributed by atoms with E-state index in [1.807, 2.05) is 0 Å². The number of rotatable bonds is 1. The molecule has 0 spiro atoms. The van der Waals surface area contributed by atoms with Crippen LogP contribution >= 0.6 is 11.3 Å². The molecule has 0 unspecified atom stereocenters. The molecule has 1 nitrogen and oxygen atoms in total. The second-order valence-corrected chi connectivity index (χ2v) is 2.81. The fourth-order valence-electron chi connectivity index (χ4n) is 0.668. The van der Waals surface area contributed by atoms with Crippen LogP contribution in [-0.2, 0) is 0 Å². The van der Waals surface area contributed by atoms with Crippen molar-refractivity contribution in [1.82, 2.24) is 0 Å². The van der Waals surface area contributed by atoms with Crippen LogP contribution in [0.4, 0.5) is 12.9 Å². The van der Waals surface area contributed by atoms with Gasteiger partial charge in [-0.3, -0.25) is 0 Å². The summed E-state index contributed by atoms with van der Waals surface area (Å²) < 4.78 is 36.0. The number of nitriles is 1. The molecule has 0 fully saturated rings. The van der Waals surface area contributed by atoms with E-state index in [-0.39, 0.29) is 4.88 Å². The largest absolute Gasteiger partial charge is 0.511 e. The van der Waals surface area contributed by atoms with Gasteiger partial charge in [0.05, 0.1) is 4.88 Å². The SMILES string of the molecule is N#Cc1sccc1[B-](F)(F)F. The van der Waals surface area contributed by atoms with Gasteiger partial charge in [-0.1, -0.05) is 11.5 Å². The Balaban J connectivity index is 3.15. The van der Waals surface area contributed by atoms with E-state index in [0.717, 1.165) is 17.4 Å². The standard InChI is InChI=1S/C5H2BF3NS/c7-6(8,9)4-1-2-11-5(4)3-10/h1-2H/q-1. The molecule has 11 heavy (non-hydrogen) atoms. The van der Waals surface area contributed by atoms with E-state index in [1.54, 1.807) is 0 Å². The monoisotopic (exact) mass is 176 g/mol. The fraction of sp³-hybridized carbons (Fsp3) is 0. The van der Waals surface area contributed by atoms with Gasteiger partial charge >= 0.3 is 6.98 Å². The van der Waals surface area contributed by atoms with Crippen molar-refractivity contribution in [3.8, 4) is 6.07 Å². The molecule has 0 aliphatic heterocycles. The molecule has 0 radical (unpaired) electrons. The number of halogens is 3. The highest BCUT2D eigenvalue weighted by Gasteiger charge is 2.28. The summed E-state index contributed by atoms with van der Waals surface area (Å²) in [5.41, 5.74) is -0.780. The van der Waals surface area contributed by atoms with E-state index in [0.29, 0.717) is 0 Å². The topological polar surface area (TPSA) is 23.8 Å². The van der Waals surface area contributed by atoms with Crippen LogP contribution in [0.1, 0.15) is 4.88 Å². The molecule has 6 heteroatoms. The molecule has 0 N–H and O–H groups in total. The number of thiophene rings is 1. The Morgan fingerprint density at radius 2 is 2.09 bits per heavy atom. The normalized spacial score (nSPS) is 11.1. The Morgan fingerprint density at radius 1 is 1.45 bits per heavy atom. The van der Waals surface area contributed by atoms with Crippen LogP contribution in [0.25, 0.3) is 0 Å². The summed E-state index contributed by atoms with van der Waals surface area (Å²) in [4.78, 5) is -0.252. The van der Waals surface area contributed by atoms with Crippen molar-refractivity contribution in [3.63, 3.8) is 0 Å². The van der Waals surface area contributed by atoms with Crippen molar-refractivity contribution in [3.05, 3.63) is 16.3 Å². The summed E-state index contributed by atoms with van der Waals surface area (Å²) in [6.07, 6.45) is 0. The first-order valence-corrected chi connectivity index (χ1v) is 3.61. The predicted molar refractivity (Wildman–Crippen MR) is 37.7 cm³/mol. The molecule has 58 valence electrons. The third kappa shape index (κ3) is 1.55. The molecule has 0 aliphatic rings. The maximum absolute atomic E-state index is 12.0. The maximum Gasteiger partial charge on any atom is 0.511 e. The van der Waals surface area contributed by atoms with Crippen molar-refractivity contribution in [2.75, 3.05) is 0 Å². The van der Waals surface area contributed by atoms with Crippen LogP contribution < -0.4 is 5.46 Å². The molecule has 0 bridgehead atoms. The Morgan fingerprint density at radius 3 is 2.45 bits per heavy atom. The average molecular weight is 176 g/mol. The van der Waals surface area contributed by atoms with Gasteiger partial charge in [-0.2, -0.15) is 5.26 Å². The first-order chi connectivity index (χ1) is 5.05. The van der Waals surface area contributed by atoms with Gasteiger partial charge in [0.2, 0.25) is 0 Å². The molecule has 1 aromatic heterocycles. The zero-order valence-corrected chi connectivity index (χ0v) is 6.04. The van der Waals surface area contributed by atoms with Crippen molar-refractivity contribution in [1.29, 1.82) is 5.26 Å². The van der Waals surface area contributed by atoms with Gasteiger partial charge in [0.1, 0.15) is 6.07 Å². The van der Waals surface area contributed by atoms with Crippen molar-refractivity contribution >= 4 is 23.8 Å². The molecule has 1 heterocycles. The van der Waals surface area contributed by atoms with Gasteiger partial charge < -0.3 is 12.9 Å². The van der Waals surface area contributed by atoms with E-state index >= 15 is 0 Å². The Hall–Kier alpha value is -0.955. The van der Waals surface area contributed by atoms with Crippen LogP contribution in [0.5, 0.6) is 0 Å². The lowest BCUT2D eigenvalue weighted by Gasteiger charge is -2.11. The van der Waals surface area contributed by atoms with Crippen molar-refractivity contribution in [2.24, 2.45) is 0 Å². The maximum atomic E-state index is 12.0. The zero-order chi connectivity index (χ0) is 8.48. The molecule has 0 aliphatic carbocycles. The molecule has 0 amide bonds. The summed E-state index contributed by atoms with van der Waals surface area (Å²) >= 11 is 0.811. The third-order valence-electron chi connectivity index (χ3n) is 1.15. The van der Waals surface area contributed by atoms with E-state index in [9.17, 15) is 12.9 Å². The Bertz CT molecular complexity index is 297. The average Bonchev–Trinajstić information content (AvgIpc) is 2.31. The lowest BCUT2D eigenvalue weighted by molar-refractivity contribution is 0.501. The first kappa shape index (κ1) is 8.14. The van der Waals surface area contributed by atoms with Gasteiger partial charge in [0.15, 0.2) is 0 Å². The lowest BCUT2D eigenvalue weighted by atomic mass is 9.81. The number of nitrogens with zero attached hydrogens (tertiary/aromatic N) is 1. The molecule has 0 saturated heterocycles. The summed E-state index contributed by atoms with van der Waals surface area (Å²) in [5.74, 6) is 0. The lowest BCUT2D eigenvalue weighted by Crippen LogP contribution is -2.34. The minimum Gasteiger partial charge on any atom is -0.445 e. The third-order valence-corrected chi connectivity index (χ3v) is 1.98. The first-order valence-electron chi connectivity index (χ1n) is 2.73. The van der Waals surface area contributed by atoms with Crippen LogP contribution in [0.15, 0.2) is 11.4 Å². The van der Waals surface area contributed by atoms with Crippen LogP contribution in [0.2, 0.25) is 0 Å². The van der Waals surface area contributed by atoms with E-state index in [1.165, 1.54) is 11.4 Å². The highest BCUT2D eigenvalue weighted by Crippen LogP contribution is 2.15. The van der Waals surface area contributed by atoms with E-state index in [4.69, 9.17) is 5.26 Å². The highest BCUT2D eigenvalue weighted by atomic mass is 32.1. The van der Waals surface area contributed by atoms with Gasteiger partial charge in [-0.15, -0.1) is 11.3 Å². The van der Waals surface area contributed by atoms with Crippen LogP contribution in [0.3, 0.4) is 0 Å². The molecule has 0 aromatic carbocycles. The Labute approximate surface area is 65.1 Å². The number of hydrogen-bond acceptors (Lipinski definition) is 2. The van der Waals surface area contributed by atoms with Gasteiger partial charge in [0.25, 0.3) is 0 Å². The van der Waals surface area contributed by atoms with Gasteiger partial charge in [-0.25, -0.2) is 0 Å². The Kier molecular flexibility index (Phi) is 1.91.